The summed E-state index contributed by atoms with van der Waals surface area (Å²) in [4.78, 5) is 0. The van der Waals surface area contributed by atoms with E-state index < -0.39 is 11.3 Å². The first kappa shape index (κ1) is 23.9. The molecule has 1 unspecified atom stereocenters. The predicted molar refractivity (Wildman–Crippen MR) is 107 cm³/mol. The summed E-state index contributed by atoms with van der Waals surface area (Å²) in [5.74, 6) is 0. The van der Waals surface area contributed by atoms with Crippen molar-refractivity contribution in [1.82, 2.24) is 5.06 Å². The molecule has 0 spiro atoms. The Morgan fingerprint density at radius 2 is 1.27 bits per heavy atom. The number of rotatable bonds is 16. The van der Waals surface area contributed by atoms with Gasteiger partial charge >= 0.3 is 0 Å². The highest BCUT2D eigenvalue weighted by Gasteiger charge is 2.51. The molecule has 26 heavy (non-hydrogen) atoms. The number of ether oxygens (including phenoxy) is 1. The Kier molecular flexibility index (Phi) is 12.0. The van der Waals surface area contributed by atoms with Gasteiger partial charge in [0.1, 0.15) is 5.72 Å². The van der Waals surface area contributed by atoms with Gasteiger partial charge in [-0.3, -0.25) is 0 Å². The third kappa shape index (κ3) is 8.24. The third-order valence-electron chi connectivity index (χ3n) is 5.76. The maximum absolute atomic E-state index is 12.9. The van der Waals surface area contributed by atoms with E-state index in [1.54, 1.807) is 0 Å². The van der Waals surface area contributed by atoms with Crippen LogP contribution < -0.4 is 0 Å². The third-order valence-corrected chi connectivity index (χ3v) is 5.76. The fraction of sp³-hybridized carbons (Fsp3) is 1.00. The van der Waals surface area contributed by atoms with Crippen LogP contribution in [0.2, 0.25) is 0 Å². The van der Waals surface area contributed by atoms with Gasteiger partial charge < -0.3 is 9.84 Å². The Hall–Kier alpha value is -0.160. The fourth-order valence-electron chi connectivity index (χ4n) is 4.03. The largest absolute Gasteiger partial charge is 0.396 e. The molecule has 0 aliphatic carbocycles. The van der Waals surface area contributed by atoms with Crippen LogP contribution in [0.25, 0.3) is 0 Å². The molecule has 0 aromatic carbocycles. The molecule has 1 heterocycles. The highest BCUT2D eigenvalue weighted by Crippen LogP contribution is 2.40. The van der Waals surface area contributed by atoms with Crippen molar-refractivity contribution < 1.29 is 15.1 Å². The van der Waals surface area contributed by atoms with Crippen LogP contribution in [-0.4, -0.2) is 34.6 Å². The molecular weight excluding hydrogens is 326 g/mol. The maximum atomic E-state index is 12.9. The van der Waals surface area contributed by atoms with E-state index in [0.29, 0.717) is 6.61 Å². The molecule has 0 aromatic heterocycles. The van der Waals surface area contributed by atoms with Gasteiger partial charge in [-0.05, 0) is 46.0 Å². The molecule has 1 fully saturated rings. The number of hydrogen-bond donors (Lipinski definition) is 1. The smallest absolute Gasteiger partial charge is 0.147 e. The van der Waals surface area contributed by atoms with E-state index in [0.717, 1.165) is 44.9 Å². The SMILES string of the molecule is CCCCCCCCCCCC1(CCCCCCO)OCC(C)(C)N1[O]. The van der Waals surface area contributed by atoms with Gasteiger partial charge in [0.2, 0.25) is 0 Å². The Balaban J connectivity index is 2.30. The van der Waals surface area contributed by atoms with E-state index in [1.165, 1.54) is 56.4 Å². The summed E-state index contributed by atoms with van der Waals surface area (Å²) >= 11 is 0. The molecule has 1 radical (unpaired) electrons. The lowest BCUT2D eigenvalue weighted by molar-refractivity contribution is -0.296. The van der Waals surface area contributed by atoms with Gasteiger partial charge in [-0.2, -0.15) is 0 Å². The Morgan fingerprint density at radius 1 is 0.808 bits per heavy atom. The van der Waals surface area contributed by atoms with Crippen LogP contribution >= 0.6 is 0 Å². The minimum atomic E-state index is -0.607. The molecule has 0 saturated carbocycles. The first-order chi connectivity index (χ1) is 12.5. The highest BCUT2D eigenvalue weighted by atomic mass is 16.6. The first-order valence-electron chi connectivity index (χ1n) is 11.2. The van der Waals surface area contributed by atoms with Crippen LogP contribution in [0, 0.1) is 0 Å². The molecule has 1 N–H and O–H groups in total. The first-order valence-corrected chi connectivity index (χ1v) is 11.2. The zero-order chi connectivity index (χ0) is 19.3. The lowest BCUT2D eigenvalue weighted by Crippen LogP contribution is -2.49. The van der Waals surface area contributed by atoms with Crippen LogP contribution in [-0.2, 0) is 9.94 Å². The molecule has 1 atom stereocenters. The number of aliphatic hydroxyl groups is 1. The van der Waals surface area contributed by atoms with Crippen LogP contribution in [0.15, 0.2) is 0 Å². The van der Waals surface area contributed by atoms with E-state index in [1.807, 2.05) is 13.8 Å². The summed E-state index contributed by atoms with van der Waals surface area (Å²) in [5, 5.41) is 23.1. The summed E-state index contributed by atoms with van der Waals surface area (Å²) in [6.45, 7) is 7.03. The second-order valence-electron chi connectivity index (χ2n) is 8.81. The molecule has 0 amide bonds. The zero-order valence-electron chi connectivity index (χ0n) is 17.7. The zero-order valence-corrected chi connectivity index (χ0v) is 17.7. The summed E-state index contributed by atoms with van der Waals surface area (Å²) in [6.07, 6.45) is 17.3. The van der Waals surface area contributed by atoms with Crippen LogP contribution in [0.5, 0.6) is 0 Å². The fourth-order valence-corrected chi connectivity index (χ4v) is 4.03. The average Bonchev–Trinajstić information content (AvgIpc) is 2.85. The quantitative estimate of drug-likeness (QED) is 0.339. The van der Waals surface area contributed by atoms with Crippen molar-refractivity contribution in [2.24, 2.45) is 0 Å². The van der Waals surface area contributed by atoms with Gasteiger partial charge in [-0.25, -0.2) is 0 Å². The normalized spacial score (nSPS) is 23.0. The van der Waals surface area contributed by atoms with Crippen molar-refractivity contribution >= 4 is 0 Å². The lowest BCUT2D eigenvalue weighted by atomic mass is 9.95. The molecule has 4 nitrogen and oxygen atoms in total. The van der Waals surface area contributed by atoms with Gasteiger partial charge in [0.05, 0.1) is 12.1 Å². The van der Waals surface area contributed by atoms with Crippen molar-refractivity contribution in [2.45, 2.75) is 128 Å². The molecule has 0 aromatic rings. The molecule has 1 aliphatic rings. The van der Waals surface area contributed by atoms with E-state index in [4.69, 9.17) is 9.84 Å². The van der Waals surface area contributed by atoms with Gasteiger partial charge in [0.15, 0.2) is 0 Å². The van der Waals surface area contributed by atoms with Crippen molar-refractivity contribution in [3.05, 3.63) is 0 Å². The minimum absolute atomic E-state index is 0.265. The predicted octanol–water partition coefficient (Wildman–Crippen LogP) is 6.00. The van der Waals surface area contributed by atoms with E-state index in [2.05, 4.69) is 6.92 Å². The standard InChI is InChI=1S/C22H44NO3/c1-4-5-6-7-8-9-10-11-14-17-22(18-15-12-13-16-19-24)23(25)21(2,3)20-26-22/h24H,4-20H2,1-3H3. The van der Waals surface area contributed by atoms with Crippen LogP contribution in [0.4, 0.5) is 0 Å². The topological polar surface area (TPSA) is 52.6 Å². The van der Waals surface area contributed by atoms with Crippen LogP contribution in [0.3, 0.4) is 0 Å². The monoisotopic (exact) mass is 370 g/mol. The minimum Gasteiger partial charge on any atom is -0.396 e. The summed E-state index contributed by atoms with van der Waals surface area (Å²) in [6, 6.07) is 0. The molecule has 1 aliphatic heterocycles. The van der Waals surface area contributed by atoms with Gasteiger partial charge in [-0.1, -0.05) is 71.1 Å². The summed E-state index contributed by atoms with van der Waals surface area (Å²) < 4.78 is 6.11. The molecule has 4 heteroatoms. The number of hydrogen-bond acceptors (Lipinski definition) is 3. The van der Waals surface area contributed by atoms with Gasteiger partial charge in [0, 0.05) is 6.61 Å². The van der Waals surface area contributed by atoms with Crippen LogP contribution in [0.1, 0.15) is 117 Å². The highest BCUT2D eigenvalue weighted by molar-refractivity contribution is 4.93. The molecule has 0 bridgehead atoms. The lowest BCUT2D eigenvalue weighted by Gasteiger charge is -2.35. The average molecular weight is 371 g/mol. The number of unbranched alkanes of at least 4 members (excludes halogenated alkanes) is 11. The van der Waals surface area contributed by atoms with Crippen molar-refractivity contribution in [3.8, 4) is 0 Å². The summed E-state index contributed by atoms with van der Waals surface area (Å²) in [7, 11) is 0. The molecule has 1 saturated heterocycles. The van der Waals surface area contributed by atoms with E-state index >= 15 is 0 Å². The second-order valence-corrected chi connectivity index (χ2v) is 8.81. The van der Waals surface area contributed by atoms with E-state index in [-0.39, 0.29) is 6.61 Å². The number of nitrogens with zero attached hydrogens (tertiary/aromatic N) is 1. The second kappa shape index (κ2) is 13.1. The Bertz CT molecular complexity index is 348. The number of hydroxylamine groups is 2. The molecule has 155 valence electrons. The van der Waals surface area contributed by atoms with Crippen molar-refractivity contribution in [3.63, 3.8) is 0 Å². The van der Waals surface area contributed by atoms with E-state index in [9.17, 15) is 5.21 Å². The number of aliphatic hydroxyl groups excluding tert-OH is 1. The Morgan fingerprint density at radius 3 is 1.69 bits per heavy atom. The van der Waals surface area contributed by atoms with Gasteiger partial charge in [0.25, 0.3) is 0 Å². The molecule has 1 rings (SSSR count). The summed E-state index contributed by atoms with van der Waals surface area (Å²) in [5.41, 5.74) is -1.02. The van der Waals surface area contributed by atoms with Gasteiger partial charge in [-0.15, -0.1) is 10.3 Å². The molecular formula is C22H44NO3. The Labute approximate surface area is 162 Å². The maximum Gasteiger partial charge on any atom is 0.147 e. The van der Waals surface area contributed by atoms with Crippen molar-refractivity contribution in [1.29, 1.82) is 0 Å². The van der Waals surface area contributed by atoms with Crippen molar-refractivity contribution in [2.75, 3.05) is 13.2 Å².